The van der Waals surface area contributed by atoms with Crippen LogP contribution in [0, 0.1) is 27.7 Å². The Morgan fingerprint density at radius 1 is 0.406 bits per heavy atom. The van der Waals surface area contributed by atoms with Gasteiger partial charge in [-0.25, -0.2) is 0 Å². The number of aryl methyl sites for hydroxylation is 4. The molecule has 0 atom stereocenters. The Labute approximate surface area is 188 Å². The zero-order valence-corrected chi connectivity index (χ0v) is 18.7. The molecule has 0 saturated carbocycles. The van der Waals surface area contributed by atoms with Crippen LogP contribution in [0.4, 0.5) is 0 Å². The van der Waals surface area contributed by atoms with E-state index in [4.69, 9.17) is 0 Å². The first kappa shape index (κ1) is 22.8. The lowest BCUT2D eigenvalue weighted by Crippen LogP contribution is -1.86. The highest BCUT2D eigenvalue weighted by molar-refractivity contribution is 5.72. The summed E-state index contributed by atoms with van der Waals surface area (Å²) in [6.07, 6.45) is 0. The maximum absolute atomic E-state index is 9.45. The average molecular weight is 429 g/mol. The summed E-state index contributed by atoms with van der Waals surface area (Å²) in [6.45, 7) is 7.65. The molecular weight excluding hydrogens is 400 g/mol. The highest BCUT2D eigenvalue weighted by atomic mass is 16.3. The summed E-state index contributed by atoms with van der Waals surface area (Å²) in [5, 5.41) is 37.6. The molecule has 0 aliphatic carbocycles. The Hall–Kier alpha value is -3.92. The third-order valence-corrected chi connectivity index (χ3v) is 5.44. The quantitative estimate of drug-likeness (QED) is 0.284. The molecule has 164 valence electrons. The largest absolute Gasteiger partial charge is 0.508 e. The monoisotopic (exact) mass is 428 g/mol. The molecule has 0 amide bonds. The summed E-state index contributed by atoms with van der Waals surface area (Å²) in [5.74, 6) is 1.16. The van der Waals surface area contributed by atoms with Gasteiger partial charge in [0.05, 0.1) is 0 Å². The van der Waals surface area contributed by atoms with Gasteiger partial charge >= 0.3 is 0 Å². The molecule has 4 aromatic carbocycles. The predicted molar refractivity (Wildman–Crippen MR) is 129 cm³/mol. The first-order valence-electron chi connectivity index (χ1n) is 10.3. The van der Waals surface area contributed by atoms with Crippen molar-refractivity contribution in [3.05, 3.63) is 95.1 Å². The molecule has 4 heteroatoms. The molecule has 0 heterocycles. The maximum Gasteiger partial charge on any atom is 0.118 e. The maximum atomic E-state index is 9.45. The number of aromatic hydroxyl groups is 4. The van der Waals surface area contributed by atoms with Crippen molar-refractivity contribution in [1.29, 1.82) is 0 Å². The molecule has 32 heavy (non-hydrogen) atoms. The molecule has 4 aromatic rings. The van der Waals surface area contributed by atoms with Crippen molar-refractivity contribution in [2.75, 3.05) is 0 Å². The number of phenols is 4. The highest BCUT2D eigenvalue weighted by Gasteiger charge is 2.06. The van der Waals surface area contributed by atoms with Crippen molar-refractivity contribution in [3.63, 3.8) is 0 Å². The van der Waals surface area contributed by atoms with E-state index in [0.29, 0.717) is 11.5 Å². The highest BCUT2D eigenvalue weighted by Crippen LogP contribution is 2.31. The summed E-state index contributed by atoms with van der Waals surface area (Å²) in [4.78, 5) is 0. The van der Waals surface area contributed by atoms with Gasteiger partial charge in [0.1, 0.15) is 23.0 Å². The van der Waals surface area contributed by atoms with Gasteiger partial charge in [0, 0.05) is 0 Å². The second kappa shape index (κ2) is 9.48. The summed E-state index contributed by atoms with van der Waals surface area (Å²) in [6, 6.07) is 21.6. The molecule has 0 spiro atoms. The first-order chi connectivity index (χ1) is 15.2. The Kier molecular flexibility index (Phi) is 6.74. The van der Waals surface area contributed by atoms with Crippen molar-refractivity contribution in [3.8, 4) is 45.3 Å². The molecule has 4 N–H and O–H groups in total. The van der Waals surface area contributed by atoms with Crippen LogP contribution >= 0.6 is 0 Å². The van der Waals surface area contributed by atoms with Crippen molar-refractivity contribution in [2.24, 2.45) is 0 Å². The minimum Gasteiger partial charge on any atom is -0.508 e. The van der Waals surface area contributed by atoms with Crippen LogP contribution in [0.2, 0.25) is 0 Å². The van der Waals surface area contributed by atoms with E-state index in [9.17, 15) is 20.4 Å². The minimum absolute atomic E-state index is 0.276. The summed E-state index contributed by atoms with van der Waals surface area (Å²) in [5.41, 5.74) is 7.98. The van der Waals surface area contributed by atoms with E-state index in [1.54, 1.807) is 36.4 Å². The molecule has 0 radical (unpaired) electrons. The standard InChI is InChI=1S/2C14H14O2/c1-9-7-11(15)3-5-13(9)14-6-4-12(16)8-10(14)2;1-9-7-11(3-5-13(9)15)12-4-6-14(16)10(2)8-12/h2*3-8,15-16H,1-2H3. The van der Waals surface area contributed by atoms with Gasteiger partial charge in [0.15, 0.2) is 0 Å². The van der Waals surface area contributed by atoms with E-state index >= 15 is 0 Å². The van der Waals surface area contributed by atoms with Gasteiger partial charge in [-0.15, -0.1) is 0 Å². The number of hydrogen-bond donors (Lipinski definition) is 4. The lowest BCUT2D eigenvalue weighted by molar-refractivity contribution is 0.470. The smallest absolute Gasteiger partial charge is 0.118 e. The molecule has 0 fully saturated rings. The van der Waals surface area contributed by atoms with E-state index in [2.05, 4.69) is 0 Å². The third-order valence-electron chi connectivity index (χ3n) is 5.44. The Morgan fingerprint density at radius 2 is 0.781 bits per heavy atom. The van der Waals surface area contributed by atoms with Gasteiger partial charge in [0.25, 0.3) is 0 Å². The van der Waals surface area contributed by atoms with Crippen molar-refractivity contribution < 1.29 is 20.4 Å². The van der Waals surface area contributed by atoms with Crippen LogP contribution in [0.3, 0.4) is 0 Å². The molecule has 0 aromatic heterocycles. The zero-order valence-electron chi connectivity index (χ0n) is 18.7. The van der Waals surface area contributed by atoms with E-state index in [0.717, 1.165) is 44.5 Å². The first-order valence-corrected chi connectivity index (χ1v) is 10.3. The van der Waals surface area contributed by atoms with Gasteiger partial charge < -0.3 is 20.4 Å². The fraction of sp³-hybridized carbons (Fsp3) is 0.143. The number of benzene rings is 4. The van der Waals surface area contributed by atoms with Gasteiger partial charge in [-0.3, -0.25) is 0 Å². The molecule has 0 bridgehead atoms. The van der Waals surface area contributed by atoms with Crippen LogP contribution < -0.4 is 0 Å². The van der Waals surface area contributed by atoms with E-state index in [1.165, 1.54) is 0 Å². The van der Waals surface area contributed by atoms with Crippen LogP contribution in [-0.4, -0.2) is 20.4 Å². The molecule has 0 saturated heterocycles. The van der Waals surface area contributed by atoms with Crippen LogP contribution in [-0.2, 0) is 0 Å². The predicted octanol–water partition coefficient (Wildman–Crippen LogP) is 6.76. The Morgan fingerprint density at radius 3 is 1.09 bits per heavy atom. The lowest BCUT2D eigenvalue weighted by atomic mass is 9.96. The fourth-order valence-electron chi connectivity index (χ4n) is 3.57. The topological polar surface area (TPSA) is 80.9 Å². The van der Waals surface area contributed by atoms with Crippen molar-refractivity contribution in [2.45, 2.75) is 27.7 Å². The average Bonchev–Trinajstić information content (AvgIpc) is 2.73. The van der Waals surface area contributed by atoms with E-state index < -0.39 is 0 Å². The summed E-state index contributed by atoms with van der Waals surface area (Å²) < 4.78 is 0. The molecule has 4 rings (SSSR count). The summed E-state index contributed by atoms with van der Waals surface area (Å²) in [7, 11) is 0. The van der Waals surface area contributed by atoms with Gasteiger partial charge in [-0.05, 0) is 121 Å². The van der Waals surface area contributed by atoms with E-state index in [-0.39, 0.29) is 11.5 Å². The number of hydrogen-bond acceptors (Lipinski definition) is 4. The van der Waals surface area contributed by atoms with Crippen LogP contribution in [0.25, 0.3) is 22.3 Å². The Balaban J connectivity index is 0.000000181. The second-order valence-electron chi connectivity index (χ2n) is 8.00. The molecule has 0 unspecified atom stereocenters. The molecule has 0 aliphatic heterocycles. The van der Waals surface area contributed by atoms with Crippen LogP contribution in [0.15, 0.2) is 72.8 Å². The van der Waals surface area contributed by atoms with Gasteiger partial charge in [-0.2, -0.15) is 0 Å². The van der Waals surface area contributed by atoms with E-state index in [1.807, 2.05) is 64.1 Å². The molecular formula is C28H28O4. The minimum atomic E-state index is 0.276. The lowest BCUT2D eigenvalue weighted by Gasteiger charge is -2.10. The Bertz CT molecular complexity index is 1160. The molecule has 4 nitrogen and oxygen atoms in total. The van der Waals surface area contributed by atoms with Crippen LogP contribution in [0.5, 0.6) is 23.0 Å². The number of rotatable bonds is 2. The zero-order chi connectivity index (χ0) is 23.4. The number of phenolic OH excluding ortho intramolecular Hbond substituents is 4. The van der Waals surface area contributed by atoms with Crippen molar-refractivity contribution >= 4 is 0 Å². The van der Waals surface area contributed by atoms with Crippen molar-refractivity contribution in [1.82, 2.24) is 0 Å². The summed E-state index contributed by atoms with van der Waals surface area (Å²) >= 11 is 0. The normalized spacial score (nSPS) is 10.4. The van der Waals surface area contributed by atoms with Gasteiger partial charge in [0.2, 0.25) is 0 Å². The SMILES string of the molecule is Cc1cc(-c2ccc(O)c(C)c2)ccc1O.Cc1cc(O)ccc1-c1ccc(O)cc1C. The molecule has 0 aliphatic rings. The fourth-order valence-corrected chi connectivity index (χ4v) is 3.57. The second-order valence-corrected chi connectivity index (χ2v) is 8.00. The third kappa shape index (κ3) is 5.22. The van der Waals surface area contributed by atoms with Gasteiger partial charge in [-0.1, -0.05) is 24.3 Å². The van der Waals surface area contributed by atoms with Crippen LogP contribution in [0.1, 0.15) is 22.3 Å².